The molecule has 0 unspecified atom stereocenters. The van der Waals surface area contributed by atoms with E-state index in [0.717, 1.165) is 11.0 Å². The zero-order valence-corrected chi connectivity index (χ0v) is 21.5. The van der Waals surface area contributed by atoms with E-state index in [-0.39, 0.29) is 10.5 Å². The first-order valence-electron chi connectivity index (χ1n) is 10.9. The number of aromatic nitrogens is 3. The molecule has 0 amide bonds. The molecule has 2 N–H and O–H groups in total. The number of hydrogen-bond acceptors (Lipinski definition) is 5. The highest BCUT2D eigenvalue weighted by Crippen LogP contribution is 2.34. The van der Waals surface area contributed by atoms with E-state index >= 15 is 0 Å². The van der Waals surface area contributed by atoms with Gasteiger partial charge in [0.1, 0.15) is 0 Å². The van der Waals surface area contributed by atoms with E-state index in [1.54, 1.807) is 48.0 Å². The van der Waals surface area contributed by atoms with Crippen LogP contribution in [0, 0.1) is 6.92 Å². The number of rotatable bonds is 5. The van der Waals surface area contributed by atoms with Crippen molar-refractivity contribution >= 4 is 72.6 Å². The summed E-state index contributed by atoms with van der Waals surface area (Å²) in [5, 5.41) is 6.27. The van der Waals surface area contributed by atoms with Crippen LogP contribution in [0.25, 0.3) is 27.9 Å². The Morgan fingerprint density at radius 2 is 1.69 bits per heavy atom. The summed E-state index contributed by atoms with van der Waals surface area (Å²) in [5.74, 6) is 0.461. The van der Waals surface area contributed by atoms with Gasteiger partial charge in [0.25, 0.3) is 5.56 Å². The van der Waals surface area contributed by atoms with Crippen LogP contribution in [0.15, 0.2) is 75.8 Å². The van der Waals surface area contributed by atoms with E-state index in [2.05, 4.69) is 15.3 Å². The highest BCUT2D eigenvalue weighted by Gasteiger charge is 2.18. The van der Waals surface area contributed by atoms with Gasteiger partial charge in [-0.05, 0) is 54.3 Å². The minimum Gasteiger partial charge on any atom is -0.323 e. The number of para-hydroxylation sites is 1. The molecular formula is C26H20Cl2N4O3S. The smallest absolute Gasteiger partial charge is 0.258 e. The summed E-state index contributed by atoms with van der Waals surface area (Å²) in [6, 6.07) is 16.9. The first kappa shape index (κ1) is 24.1. The van der Waals surface area contributed by atoms with Gasteiger partial charge in [0, 0.05) is 18.1 Å². The highest BCUT2D eigenvalue weighted by atomic mass is 35.5. The van der Waals surface area contributed by atoms with Crippen molar-refractivity contribution in [1.29, 1.82) is 0 Å². The second kappa shape index (κ2) is 9.13. The van der Waals surface area contributed by atoms with Crippen LogP contribution in [-0.2, 0) is 16.9 Å². The van der Waals surface area contributed by atoms with Gasteiger partial charge in [0.2, 0.25) is 5.95 Å². The first-order chi connectivity index (χ1) is 17.2. The molecule has 0 bridgehead atoms. The quantitative estimate of drug-likeness (QED) is 0.277. The van der Waals surface area contributed by atoms with Gasteiger partial charge in [-0.15, -0.1) is 0 Å². The van der Waals surface area contributed by atoms with E-state index in [4.69, 9.17) is 23.2 Å². The van der Waals surface area contributed by atoms with Gasteiger partial charge in [-0.2, -0.15) is 0 Å². The fourth-order valence-corrected chi connectivity index (χ4v) is 5.63. The molecule has 0 spiro atoms. The van der Waals surface area contributed by atoms with Gasteiger partial charge in [0.05, 0.1) is 37.0 Å². The maximum Gasteiger partial charge on any atom is 0.258 e. The lowest BCUT2D eigenvalue weighted by Crippen LogP contribution is -2.11. The number of aromatic amines is 1. The molecule has 0 radical (unpaired) electrons. The molecule has 5 aromatic rings. The number of hydrogen-bond donors (Lipinski definition) is 2. The monoisotopic (exact) mass is 538 g/mol. The van der Waals surface area contributed by atoms with Crippen molar-refractivity contribution < 1.29 is 8.42 Å². The van der Waals surface area contributed by atoms with Crippen molar-refractivity contribution in [3.05, 3.63) is 97.7 Å². The number of aryl methyl sites for hydroxylation is 2. The Bertz CT molecular complexity index is 1820. The molecule has 5 rings (SSSR count). The molecule has 0 fully saturated rings. The Hall–Kier alpha value is -3.59. The number of H-pyrrole nitrogens is 1. The third-order valence-electron chi connectivity index (χ3n) is 6.00. The predicted octanol–water partition coefficient (Wildman–Crippen LogP) is 6.22. The van der Waals surface area contributed by atoms with Crippen LogP contribution in [0.5, 0.6) is 0 Å². The Balaban J connectivity index is 1.62. The summed E-state index contributed by atoms with van der Waals surface area (Å²) in [6.07, 6.45) is 1.42. The average molecular weight is 539 g/mol. The summed E-state index contributed by atoms with van der Waals surface area (Å²) < 4.78 is 27.1. The lowest BCUT2D eigenvalue weighted by atomic mass is 10.0. The molecule has 36 heavy (non-hydrogen) atoms. The largest absolute Gasteiger partial charge is 0.323 e. The van der Waals surface area contributed by atoms with E-state index in [9.17, 15) is 13.2 Å². The average Bonchev–Trinajstić information content (AvgIpc) is 3.18. The van der Waals surface area contributed by atoms with Gasteiger partial charge in [-0.25, -0.2) is 13.4 Å². The van der Waals surface area contributed by atoms with Crippen molar-refractivity contribution in [2.24, 2.45) is 7.05 Å². The van der Waals surface area contributed by atoms with Crippen LogP contribution in [0.1, 0.15) is 11.3 Å². The highest BCUT2D eigenvalue weighted by molar-refractivity contribution is 7.94. The number of nitrogens with zero attached hydrogens (tertiary/aromatic N) is 2. The van der Waals surface area contributed by atoms with Crippen LogP contribution in [-0.4, -0.2) is 23.0 Å². The second-order valence-electron chi connectivity index (χ2n) is 8.23. The summed E-state index contributed by atoms with van der Waals surface area (Å²) >= 11 is 12.6. The standard InChI is InChI=1S/C26H20Cl2N4O3S/c1-15-17-11-12-21-24(32(2)26(30-21)31-23-18(27)9-6-10-19(23)28)22(17)25(33)29-20(15)13-14-36(34,35)16-7-4-3-5-8-16/h3-14H,1-2H3,(H,29,33)(H,30,31)/b14-13+. The molecule has 7 nitrogen and oxygen atoms in total. The zero-order valence-electron chi connectivity index (χ0n) is 19.2. The van der Waals surface area contributed by atoms with Crippen LogP contribution in [0.3, 0.4) is 0 Å². The number of imidazole rings is 1. The summed E-state index contributed by atoms with van der Waals surface area (Å²) in [5.41, 5.74) is 2.53. The van der Waals surface area contributed by atoms with Crippen LogP contribution in [0.2, 0.25) is 10.0 Å². The third-order valence-corrected chi connectivity index (χ3v) is 8.06. The molecule has 0 saturated heterocycles. The molecule has 0 atom stereocenters. The summed E-state index contributed by atoms with van der Waals surface area (Å²) in [7, 11) is -1.87. The zero-order chi connectivity index (χ0) is 25.6. The number of benzene rings is 3. The molecule has 3 aromatic carbocycles. The van der Waals surface area contributed by atoms with E-state index in [1.807, 2.05) is 19.1 Å². The van der Waals surface area contributed by atoms with Crippen LogP contribution < -0.4 is 10.9 Å². The van der Waals surface area contributed by atoms with Gasteiger partial charge in [0.15, 0.2) is 9.84 Å². The summed E-state index contributed by atoms with van der Waals surface area (Å²) in [4.78, 5) is 20.9. The lowest BCUT2D eigenvalue weighted by molar-refractivity contribution is 0.605. The minimum absolute atomic E-state index is 0.178. The molecule has 182 valence electrons. The molecule has 0 aliphatic heterocycles. The Kier molecular flexibility index (Phi) is 6.12. The number of pyridine rings is 1. The van der Waals surface area contributed by atoms with Crippen LogP contribution >= 0.6 is 23.2 Å². The van der Waals surface area contributed by atoms with Crippen molar-refractivity contribution in [3.8, 4) is 0 Å². The molecular weight excluding hydrogens is 519 g/mol. The molecule has 0 saturated carbocycles. The molecule has 2 aromatic heterocycles. The molecule has 0 aliphatic rings. The van der Waals surface area contributed by atoms with E-state index in [1.165, 1.54) is 18.2 Å². The van der Waals surface area contributed by atoms with Crippen molar-refractivity contribution in [1.82, 2.24) is 14.5 Å². The van der Waals surface area contributed by atoms with Crippen molar-refractivity contribution in [2.75, 3.05) is 5.32 Å². The first-order valence-corrected chi connectivity index (χ1v) is 13.2. The van der Waals surface area contributed by atoms with E-state index in [0.29, 0.717) is 49.2 Å². The maximum absolute atomic E-state index is 13.2. The predicted molar refractivity (Wildman–Crippen MR) is 146 cm³/mol. The number of fused-ring (bicyclic) bond motifs is 3. The number of sulfone groups is 1. The molecule has 10 heteroatoms. The molecule has 2 heterocycles. The Morgan fingerprint density at radius 1 is 1.00 bits per heavy atom. The third kappa shape index (κ3) is 4.17. The minimum atomic E-state index is -3.66. The molecule has 0 aliphatic carbocycles. The van der Waals surface area contributed by atoms with Crippen LogP contribution in [0.4, 0.5) is 11.6 Å². The summed E-state index contributed by atoms with van der Waals surface area (Å²) in [6.45, 7) is 1.83. The van der Waals surface area contributed by atoms with Gasteiger partial charge in [-0.3, -0.25) is 4.79 Å². The lowest BCUT2D eigenvalue weighted by Gasteiger charge is -2.11. The van der Waals surface area contributed by atoms with Gasteiger partial charge >= 0.3 is 0 Å². The van der Waals surface area contributed by atoms with Gasteiger partial charge < -0.3 is 14.9 Å². The van der Waals surface area contributed by atoms with E-state index < -0.39 is 9.84 Å². The maximum atomic E-state index is 13.2. The van der Waals surface area contributed by atoms with Crippen molar-refractivity contribution in [2.45, 2.75) is 11.8 Å². The number of nitrogens with one attached hydrogen (secondary N) is 2. The van der Waals surface area contributed by atoms with Gasteiger partial charge in [-0.1, -0.05) is 53.5 Å². The second-order valence-corrected chi connectivity index (χ2v) is 10.9. The fourth-order valence-electron chi connectivity index (χ4n) is 4.12. The number of anilines is 2. The Morgan fingerprint density at radius 3 is 2.39 bits per heavy atom. The Labute approximate surface area is 216 Å². The van der Waals surface area contributed by atoms with Crippen molar-refractivity contribution in [3.63, 3.8) is 0 Å². The normalized spacial score (nSPS) is 12.1. The topological polar surface area (TPSA) is 96.8 Å². The number of halogens is 2. The fraction of sp³-hybridized carbons (Fsp3) is 0.0769. The SMILES string of the molecule is Cc1c(/C=C/S(=O)(=O)c2ccccc2)[nH]c(=O)c2c1ccc1nc(Nc3c(Cl)cccc3Cl)n(C)c12.